The highest BCUT2D eigenvalue weighted by Gasteiger charge is 2.56. The Morgan fingerprint density at radius 1 is 0.846 bits per heavy atom. The van der Waals surface area contributed by atoms with Crippen LogP contribution < -0.4 is 26.6 Å². The number of hydrogen-bond acceptors (Lipinski definition) is 13. The quantitative estimate of drug-likeness (QED) is 0.0178. The Hall–Kier alpha value is -7.11. The molecule has 65 heavy (non-hydrogen) atoms. The molecule has 5 aromatic rings. The normalized spacial score (nSPS) is 17.1. The van der Waals surface area contributed by atoms with Crippen LogP contribution in [-0.2, 0) is 33.4 Å². The summed E-state index contributed by atoms with van der Waals surface area (Å²) >= 11 is 1.01. The molecule has 2 atom stereocenters. The van der Waals surface area contributed by atoms with Crippen LogP contribution in [0.25, 0.3) is 11.1 Å². The maximum absolute atomic E-state index is 14.0. The molecule has 0 spiro atoms. The van der Waals surface area contributed by atoms with E-state index in [0.717, 1.165) is 44.7 Å². The van der Waals surface area contributed by atoms with E-state index in [2.05, 4.69) is 61.0 Å². The SMILES string of the molecule is CC(C)(C)OC(=O)Nc1nc(/C(=N/OC2(C(=O)OC(c3ccccc3)c3ccccc3)CC2)C(=O)N[C@@H]2C(=O)N[C@@H]2CNCCNC(=O)OCC2c3ccccc3-c3ccccc32)cs1. The first-order valence-corrected chi connectivity index (χ1v) is 22.2. The lowest BCUT2D eigenvalue weighted by atomic mass is 9.98. The van der Waals surface area contributed by atoms with Crippen molar-refractivity contribution in [2.75, 3.05) is 31.6 Å². The van der Waals surface area contributed by atoms with Crippen LogP contribution >= 0.6 is 11.3 Å². The van der Waals surface area contributed by atoms with Crippen molar-refractivity contribution in [3.63, 3.8) is 0 Å². The number of aromatic nitrogens is 1. The van der Waals surface area contributed by atoms with Gasteiger partial charge in [-0.1, -0.05) is 114 Å². The number of fused-ring (bicyclic) bond motifs is 3. The lowest BCUT2D eigenvalue weighted by Crippen LogP contribution is -2.72. The fourth-order valence-electron chi connectivity index (χ4n) is 7.56. The van der Waals surface area contributed by atoms with Crippen LogP contribution in [-0.4, -0.2) is 90.2 Å². The second kappa shape index (κ2) is 19.3. The largest absolute Gasteiger partial charge is 0.450 e. The van der Waals surface area contributed by atoms with Crippen LogP contribution in [0, 0.1) is 0 Å². The van der Waals surface area contributed by atoms with Gasteiger partial charge in [0.05, 0.1) is 6.04 Å². The van der Waals surface area contributed by atoms with Crippen LogP contribution in [0.5, 0.6) is 0 Å². The van der Waals surface area contributed by atoms with Gasteiger partial charge in [-0.2, -0.15) is 0 Å². The summed E-state index contributed by atoms with van der Waals surface area (Å²) in [6, 6.07) is 33.3. The zero-order valence-electron chi connectivity index (χ0n) is 36.0. The third kappa shape index (κ3) is 10.6. The molecule has 0 unspecified atom stereocenters. The van der Waals surface area contributed by atoms with Crippen molar-refractivity contribution in [2.24, 2.45) is 5.16 Å². The Morgan fingerprint density at radius 2 is 1.46 bits per heavy atom. The van der Waals surface area contributed by atoms with Crippen LogP contribution in [0.4, 0.5) is 14.7 Å². The van der Waals surface area contributed by atoms with Gasteiger partial charge in [0.25, 0.3) is 5.91 Å². The Kier molecular flexibility index (Phi) is 13.2. The summed E-state index contributed by atoms with van der Waals surface area (Å²) < 4.78 is 17.0. The monoisotopic (exact) mass is 899 g/mol. The first kappa shape index (κ1) is 44.5. The summed E-state index contributed by atoms with van der Waals surface area (Å²) in [5, 5.41) is 19.8. The molecule has 3 aliphatic rings. The van der Waals surface area contributed by atoms with Crippen molar-refractivity contribution < 1.29 is 43.0 Å². The molecule has 1 aromatic heterocycles. The smallest absolute Gasteiger partial charge is 0.413 e. The number of esters is 1. The van der Waals surface area contributed by atoms with E-state index in [9.17, 15) is 24.0 Å². The maximum atomic E-state index is 14.0. The first-order chi connectivity index (χ1) is 31.4. The summed E-state index contributed by atoms with van der Waals surface area (Å²) in [7, 11) is 0. The number of benzene rings is 4. The van der Waals surface area contributed by atoms with Gasteiger partial charge in [-0.25, -0.2) is 19.4 Å². The van der Waals surface area contributed by atoms with Gasteiger partial charge < -0.3 is 40.3 Å². The van der Waals surface area contributed by atoms with Gasteiger partial charge >= 0.3 is 18.2 Å². The minimum absolute atomic E-state index is 0.0166. The van der Waals surface area contributed by atoms with E-state index in [1.165, 1.54) is 5.38 Å². The number of nitrogens with zero attached hydrogens (tertiary/aromatic N) is 2. The van der Waals surface area contributed by atoms with Gasteiger partial charge in [0, 0.05) is 43.8 Å². The molecular weight excluding hydrogens is 851 g/mol. The molecule has 2 fully saturated rings. The molecule has 8 rings (SSSR count). The fourth-order valence-corrected chi connectivity index (χ4v) is 8.24. The van der Waals surface area contributed by atoms with E-state index in [1.807, 2.05) is 84.9 Å². The van der Waals surface area contributed by atoms with Gasteiger partial charge in [-0.3, -0.25) is 14.9 Å². The summed E-state index contributed by atoms with van der Waals surface area (Å²) in [6.45, 7) is 6.19. The molecule has 0 radical (unpaired) electrons. The van der Waals surface area contributed by atoms with Crippen molar-refractivity contribution in [2.45, 2.75) is 68.9 Å². The number of nitrogens with one attached hydrogen (secondary N) is 5. The van der Waals surface area contributed by atoms with Gasteiger partial charge in [-0.15, -0.1) is 11.3 Å². The zero-order chi connectivity index (χ0) is 45.6. The number of ether oxygens (including phenoxy) is 3. The molecule has 17 heteroatoms. The number of thiazole rings is 1. The van der Waals surface area contributed by atoms with Crippen molar-refractivity contribution in [3.8, 4) is 11.1 Å². The average molecular weight is 900 g/mol. The number of carbonyl (C=O) groups is 5. The van der Waals surface area contributed by atoms with Crippen molar-refractivity contribution >= 4 is 52.2 Å². The van der Waals surface area contributed by atoms with Gasteiger partial charge in [0.15, 0.2) is 16.9 Å². The molecule has 1 saturated carbocycles. The first-order valence-electron chi connectivity index (χ1n) is 21.3. The Labute approximate surface area is 379 Å². The topological polar surface area (TPSA) is 208 Å². The molecule has 1 saturated heterocycles. The van der Waals surface area contributed by atoms with Crippen LogP contribution in [0.2, 0.25) is 0 Å². The van der Waals surface area contributed by atoms with Crippen LogP contribution in [0.3, 0.4) is 0 Å². The lowest BCUT2D eigenvalue weighted by Gasteiger charge is -2.37. The second-order valence-electron chi connectivity index (χ2n) is 16.8. The highest BCUT2D eigenvalue weighted by Crippen LogP contribution is 2.45. The maximum Gasteiger partial charge on any atom is 0.413 e. The standard InChI is InChI=1S/C48H49N7O9S/c1-47(2,3)63-46(60)54-44-52-37(28-65-44)39(55-64-48(22-23-48)43(58)62-40(29-14-6-4-7-15-29)30-16-8-5-9-17-30)42(57)53-38-36(51-41(38)56)26-49-24-25-50-45(59)61-27-35-33-20-12-10-18-31(33)32-19-11-13-21-34(32)35/h4-21,28,35-36,38,40,49H,22-27H2,1-3H3,(H,50,59)(H,51,56)(H,53,57)(H,52,54,60)/b55-39-/t36-,38+/m1/s1. The fraction of sp³-hybridized carbons (Fsp3) is 0.312. The molecule has 336 valence electrons. The Balaban J connectivity index is 0.881. The number of carbonyl (C=O) groups excluding carboxylic acids is 5. The third-order valence-corrected chi connectivity index (χ3v) is 11.7. The van der Waals surface area contributed by atoms with E-state index in [0.29, 0.717) is 6.54 Å². The highest BCUT2D eigenvalue weighted by molar-refractivity contribution is 7.14. The highest BCUT2D eigenvalue weighted by atomic mass is 32.1. The van der Waals surface area contributed by atoms with E-state index < -0.39 is 59.4 Å². The molecule has 4 amide bonds. The number of β-lactam (4-membered cyclic amide) rings is 1. The predicted octanol–water partition coefficient (Wildman–Crippen LogP) is 6.19. The van der Waals surface area contributed by atoms with E-state index >= 15 is 0 Å². The minimum atomic E-state index is -1.48. The van der Waals surface area contributed by atoms with Crippen LogP contribution in [0.15, 0.2) is 120 Å². The van der Waals surface area contributed by atoms with Gasteiger partial charge in [-0.05, 0) is 54.2 Å². The van der Waals surface area contributed by atoms with E-state index in [1.54, 1.807) is 20.8 Å². The molecule has 2 aliphatic carbocycles. The number of hydrogen-bond donors (Lipinski definition) is 5. The summed E-state index contributed by atoms with van der Waals surface area (Å²) in [5.74, 6) is -1.96. The third-order valence-electron chi connectivity index (χ3n) is 11.0. The Bertz CT molecular complexity index is 2490. The minimum Gasteiger partial charge on any atom is -0.450 e. The van der Waals surface area contributed by atoms with Gasteiger partial charge in [0.2, 0.25) is 11.5 Å². The summed E-state index contributed by atoms with van der Waals surface area (Å²) in [6.07, 6.45) is -1.48. The number of amides is 4. The van der Waals surface area contributed by atoms with Crippen molar-refractivity contribution in [3.05, 3.63) is 143 Å². The number of rotatable bonds is 17. The number of oxime groups is 1. The average Bonchev–Trinajstić information content (AvgIpc) is 3.85. The second-order valence-corrected chi connectivity index (χ2v) is 17.7. The number of anilines is 1. The molecular formula is C48H49N7O9S. The van der Waals surface area contributed by atoms with Crippen molar-refractivity contribution in [1.29, 1.82) is 0 Å². The molecule has 16 nitrogen and oxygen atoms in total. The molecule has 2 heterocycles. The summed E-state index contributed by atoms with van der Waals surface area (Å²) in [5.41, 5.74) is 3.47. The Morgan fingerprint density at radius 3 is 2.06 bits per heavy atom. The lowest BCUT2D eigenvalue weighted by molar-refractivity contribution is -0.164. The van der Waals surface area contributed by atoms with Crippen molar-refractivity contribution in [1.82, 2.24) is 26.3 Å². The van der Waals surface area contributed by atoms with E-state index in [-0.39, 0.29) is 55.0 Å². The summed E-state index contributed by atoms with van der Waals surface area (Å²) in [4.78, 5) is 76.1. The molecule has 0 bridgehead atoms. The van der Waals surface area contributed by atoms with Crippen LogP contribution in [0.1, 0.15) is 73.6 Å². The van der Waals surface area contributed by atoms with Gasteiger partial charge in [0.1, 0.15) is 23.9 Å². The van der Waals surface area contributed by atoms with E-state index in [4.69, 9.17) is 19.0 Å². The zero-order valence-corrected chi connectivity index (χ0v) is 36.8. The number of alkyl carbamates (subject to hydrolysis) is 1. The molecule has 5 N–H and O–H groups in total. The molecule has 1 aliphatic heterocycles. The predicted molar refractivity (Wildman–Crippen MR) is 242 cm³/mol. The molecule has 4 aromatic carbocycles.